The quantitative estimate of drug-likeness (QED) is 0.625. The molecule has 3 aromatic rings. The van der Waals surface area contributed by atoms with Crippen molar-refractivity contribution in [1.82, 2.24) is 20.0 Å². The number of aromatic nitrogens is 2. The lowest BCUT2D eigenvalue weighted by Crippen LogP contribution is -2.38. The van der Waals surface area contributed by atoms with Crippen LogP contribution in [0.25, 0.3) is 10.9 Å². The second kappa shape index (κ2) is 9.87. The van der Waals surface area contributed by atoms with Crippen molar-refractivity contribution in [2.75, 3.05) is 39.4 Å². The lowest BCUT2D eigenvalue weighted by molar-refractivity contribution is 0.0361. The molecule has 4 rings (SSSR count). The highest BCUT2D eigenvalue weighted by Gasteiger charge is 2.19. The molecule has 1 aromatic heterocycles. The van der Waals surface area contributed by atoms with Gasteiger partial charge in [0.2, 0.25) is 0 Å². The normalized spacial score (nSPS) is 14.8. The highest BCUT2D eigenvalue weighted by Crippen LogP contribution is 2.23. The molecule has 158 valence electrons. The van der Waals surface area contributed by atoms with Crippen molar-refractivity contribution in [3.8, 4) is 0 Å². The summed E-state index contributed by atoms with van der Waals surface area (Å²) in [5, 5.41) is 8.75. The van der Waals surface area contributed by atoms with Gasteiger partial charge >= 0.3 is 0 Å². The second-order valence-corrected chi connectivity index (χ2v) is 7.68. The molecule has 1 amide bonds. The summed E-state index contributed by atoms with van der Waals surface area (Å²) in [7, 11) is 0. The number of morpholine rings is 1. The highest BCUT2D eigenvalue weighted by molar-refractivity contribution is 6.05. The number of amides is 1. The number of benzene rings is 2. The third-order valence-electron chi connectivity index (χ3n) is 5.72. The topological polar surface area (TPSA) is 59.4 Å². The Morgan fingerprint density at radius 2 is 1.87 bits per heavy atom. The lowest BCUT2D eigenvalue weighted by atomic mass is 10.1. The van der Waals surface area contributed by atoms with Crippen molar-refractivity contribution in [2.45, 2.75) is 26.3 Å². The van der Waals surface area contributed by atoms with Crippen molar-refractivity contribution in [3.63, 3.8) is 0 Å². The summed E-state index contributed by atoms with van der Waals surface area (Å²) in [6, 6.07) is 16.4. The molecule has 1 N–H and O–H groups in total. The van der Waals surface area contributed by atoms with Gasteiger partial charge in [0, 0.05) is 31.6 Å². The zero-order chi connectivity index (χ0) is 20.8. The van der Waals surface area contributed by atoms with E-state index in [1.165, 1.54) is 11.1 Å². The monoisotopic (exact) mass is 406 g/mol. The van der Waals surface area contributed by atoms with Crippen LogP contribution in [0.5, 0.6) is 0 Å². The summed E-state index contributed by atoms with van der Waals surface area (Å²) in [5.41, 5.74) is 4.05. The number of carbonyl (C=O) groups is 1. The minimum atomic E-state index is -0.102. The summed E-state index contributed by atoms with van der Waals surface area (Å²) in [6.07, 6.45) is 1.72. The van der Waals surface area contributed by atoms with Crippen LogP contribution in [0, 0.1) is 0 Å². The molecule has 0 saturated carbocycles. The summed E-state index contributed by atoms with van der Waals surface area (Å²) < 4.78 is 7.47. The number of ether oxygens (including phenoxy) is 1. The maximum absolute atomic E-state index is 13.0. The van der Waals surface area contributed by atoms with Crippen LogP contribution in [0.15, 0.2) is 48.5 Å². The smallest absolute Gasteiger partial charge is 0.272 e. The predicted octanol–water partition coefficient (Wildman–Crippen LogP) is 2.90. The van der Waals surface area contributed by atoms with Crippen molar-refractivity contribution >= 4 is 16.8 Å². The Kier molecular flexibility index (Phi) is 6.77. The maximum atomic E-state index is 13.0. The summed E-state index contributed by atoms with van der Waals surface area (Å²) >= 11 is 0. The second-order valence-electron chi connectivity index (χ2n) is 7.68. The number of hydrogen-bond donors (Lipinski definition) is 1. The first-order valence-corrected chi connectivity index (χ1v) is 10.9. The molecule has 1 aliphatic rings. The molecular formula is C24H30N4O2. The van der Waals surface area contributed by atoms with E-state index in [2.05, 4.69) is 35.3 Å². The summed E-state index contributed by atoms with van der Waals surface area (Å²) in [6.45, 7) is 7.90. The van der Waals surface area contributed by atoms with Gasteiger partial charge in [-0.1, -0.05) is 55.5 Å². The fourth-order valence-electron chi connectivity index (χ4n) is 4.04. The first-order chi connectivity index (χ1) is 14.8. The van der Waals surface area contributed by atoms with Crippen LogP contribution >= 0.6 is 0 Å². The number of aryl methyl sites for hydroxylation is 1. The Labute approximate surface area is 177 Å². The lowest BCUT2D eigenvalue weighted by Gasteiger charge is -2.26. The van der Waals surface area contributed by atoms with E-state index < -0.39 is 0 Å². The molecule has 1 aliphatic heterocycles. The highest BCUT2D eigenvalue weighted by atomic mass is 16.5. The number of nitrogens with one attached hydrogen (secondary N) is 1. The standard InChI is InChI=1S/C24H30N4O2/c1-2-20-9-6-10-21-22(24(29)25-12-11-19-7-4-3-5-8-19)26-28(23(20)21)14-13-27-15-17-30-18-16-27/h3-10H,2,11-18H2,1H3,(H,25,29). The number of para-hydroxylation sites is 1. The van der Waals surface area contributed by atoms with Gasteiger partial charge in [0.05, 0.1) is 25.3 Å². The van der Waals surface area contributed by atoms with Gasteiger partial charge in [0.1, 0.15) is 0 Å². The van der Waals surface area contributed by atoms with Crippen LogP contribution in [0.3, 0.4) is 0 Å². The van der Waals surface area contributed by atoms with Crippen LogP contribution in [-0.2, 0) is 24.1 Å². The third kappa shape index (κ3) is 4.71. The number of hydrogen-bond acceptors (Lipinski definition) is 4. The van der Waals surface area contributed by atoms with E-state index in [0.29, 0.717) is 12.2 Å². The first-order valence-electron chi connectivity index (χ1n) is 10.9. The van der Waals surface area contributed by atoms with Gasteiger partial charge in [-0.25, -0.2) is 0 Å². The van der Waals surface area contributed by atoms with E-state index in [9.17, 15) is 4.79 Å². The SMILES string of the molecule is CCc1cccc2c(C(=O)NCCc3ccccc3)nn(CCN3CCOCC3)c12. The van der Waals surface area contributed by atoms with E-state index in [0.717, 1.165) is 63.1 Å². The molecule has 0 spiro atoms. The Balaban J connectivity index is 1.51. The number of rotatable bonds is 8. The van der Waals surface area contributed by atoms with Gasteiger partial charge in [0.25, 0.3) is 5.91 Å². The molecular weight excluding hydrogens is 376 g/mol. The Morgan fingerprint density at radius 1 is 1.07 bits per heavy atom. The summed E-state index contributed by atoms with van der Waals surface area (Å²) in [5.74, 6) is -0.102. The predicted molar refractivity (Wildman–Crippen MR) is 119 cm³/mol. The third-order valence-corrected chi connectivity index (χ3v) is 5.72. The molecule has 6 heteroatoms. The average molecular weight is 407 g/mol. The zero-order valence-corrected chi connectivity index (χ0v) is 17.6. The number of carbonyl (C=O) groups excluding carboxylic acids is 1. The van der Waals surface area contributed by atoms with Gasteiger partial charge in [-0.15, -0.1) is 0 Å². The van der Waals surface area contributed by atoms with Gasteiger partial charge in [-0.3, -0.25) is 14.4 Å². The molecule has 0 atom stereocenters. The molecule has 0 aliphatic carbocycles. The minimum Gasteiger partial charge on any atom is -0.379 e. The number of nitrogens with zero attached hydrogens (tertiary/aromatic N) is 3. The van der Waals surface area contributed by atoms with E-state index in [1.54, 1.807) is 0 Å². The average Bonchev–Trinajstić information content (AvgIpc) is 3.18. The van der Waals surface area contributed by atoms with E-state index in [1.807, 2.05) is 35.0 Å². The van der Waals surface area contributed by atoms with Crippen LogP contribution < -0.4 is 5.32 Å². The molecule has 1 saturated heterocycles. The molecule has 30 heavy (non-hydrogen) atoms. The zero-order valence-electron chi connectivity index (χ0n) is 17.6. The van der Waals surface area contributed by atoms with Gasteiger partial charge in [-0.2, -0.15) is 5.10 Å². The van der Waals surface area contributed by atoms with Gasteiger partial charge in [0.15, 0.2) is 5.69 Å². The van der Waals surface area contributed by atoms with Crippen molar-refractivity contribution < 1.29 is 9.53 Å². The van der Waals surface area contributed by atoms with E-state index >= 15 is 0 Å². The molecule has 0 bridgehead atoms. The Hall–Kier alpha value is -2.70. The fourth-order valence-corrected chi connectivity index (χ4v) is 4.04. The molecule has 6 nitrogen and oxygen atoms in total. The number of fused-ring (bicyclic) bond motifs is 1. The Morgan fingerprint density at radius 3 is 2.63 bits per heavy atom. The van der Waals surface area contributed by atoms with Gasteiger partial charge in [-0.05, 0) is 24.0 Å². The van der Waals surface area contributed by atoms with E-state index in [4.69, 9.17) is 9.84 Å². The maximum Gasteiger partial charge on any atom is 0.272 e. The first kappa shape index (κ1) is 20.6. The van der Waals surface area contributed by atoms with Gasteiger partial charge < -0.3 is 10.1 Å². The van der Waals surface area contributed by atoms with Crippen molar-refractivity contribution in [2.24, 2.45) is 0 Å². The summed E-state index contributed by atoms with van der Waals surface area (Å²) in [4.78, 5) is 15.3. The van der Waals surface area contributed by atoms with Crippen LogP contribution in [0.2, 0.25) is 0 Å². The largest absolute Gasteiger partial charge is 0.379 e. The molecule has 0 radical (unpaired) electrons. The minimum absolute atomic E-state index is 0.102. The van der Waals surface area contributed by atoms with Crippen LogP contribution in [0.4, 0.5) is 0 Å². The Bertz CT molecular complexity index is 978. The molecule has 0 unspecified atom stereocenters. The molecule has 2 heterocycles. The van der Waals surface area contributed by atoms with E-state index in [-0.39, 0.29) is 5.91 Å². The van der Waals surface area contributed by atoms with Crippen LogP contribution in [-0.4, -0.2) is 60.0 Å². The van der Waals surface area contributed by atoms with Crippen molar-refractivity contribution in [1.29, 1.82) is 0 Å². The fraction of sp³-hybridized carbons (Fsp3) is 0.417. The van der Waals surface area contributed by atoms with Crippen LogP contribution in [0.1, 0.15) is 28.5 Å². The molecule has 1 fully saturated rings. The van der Waals surface area contributed by atoms with Crippen molar-refractivity contribution in [3.05, 3.63) is 65.4 Å². The molecule has 2 aromatic carbocycles.